The maximum atomic E-state index is 6.08. The molecule has 0 spiro atoms. The summed E-state index contributed by atoms with van der Waals surface area (Å²) in [6, 6.07) is 6.40. The number of hydrogen-bond donors (Lipinski definition) is 0. The molecule has 0 radical (unpaired) electrons. The summed E-state index contributed by atoms with van der Waals surface area (Å²) in [5.74, 6) is 1.44. The Kier molecular flexibility index (Phi) is 3.67. The first-order chi connectivity index (χ1) is 8.55. The fourth-order valence-corrected chi connectivity index (χ4v) is 2.67. The van der Waals surface area contributed by atoms with Gasteiger partial charge >= 0.3 is 0 Å². The van der Waals surface area contributed by atoms with E-state index in [9.17, 15) is 0 Å². The Morgan fingerprint density at radius 3 is 2.50 bits per heavy atom. The van der Waals surface area contributed by atoms with E-state index >= 15 is 0 Å². The summed E-state index contributed by atoms with van der Waals surface area (Å²) >= 11 is 6.08. The predicted octanol–water partition coefficient (Wildman–Crippen LogP) is 4.62. The Labute approximate surface area is 114 Å². The van der Waals surface area contributed by atoms with Gasteiger partial charge in [-0.05, 0) is 44.4 Å². The molecule has 0 aliphatic carbocycles. The lowest BCUT2D eigenvalue weighted by Gasteiger charge is -2.31. The molecule has 2 aromatic rings. The third kappa shape index (κ3) is 2.03. The summed E-state index contributed by atoms with van der Waals surface area (Å²) in [5, 5.41) is 0. The summed E-state index contributed by atoms with van der Waals surface area (Å²) in [7, 11) is 0. The fraction of sp³-hybridized carbons (Fsp3) is 0.533. The topological polar surface area (TPSA) is 17.8 Å². The molecule has 1 aromatic carbocycles. The van der Waals surface area contributed by atoms with Gasteiger partial charge in [0.2, 0.25) is 0 Å². The van der Waals surface area contributed by atoms with Crippen LogP contribution in [0.15, 0.2) is 18.2 Å². The highest BCUT2D eigenvalue weighted by atomic mass is 35.5. The van der Waals surface area contributed by atoms with Crippen LogP contribution in [0.4, 0.5) is 0 Å². The molecule has 0 aliphatic rings. The molecule has 18 heavy (non-hydrogen) atoms. The van der Waals surface area contributed by atoms with Crippen molar-refractivity contribution in [3.05, 3.63) is 29.6 Å². The number of halogens is 1. The normalized spacial score (nSPS) is 12.3. The van der Waals surface area contributed by atoms with Crippen molar-refractivity contribution in [2.75, 3.05) is 0 Å². The van der Waals surface area contributed by atoms with E-state index in [2.05, 4.69) is 55.4 Å². The fourth-order valence-electron chi connectivity index (χ4n) is 2.49. The first-order valence-electron chi connectivity index (χ1n) is 6.60. The van der Waals surface area contributed by atoms with E-state index in [0.29, 0.717) is 5.88 Å². The number of imidazole rings is 1. The number of hydrogen-bond acceptors (Lipinski definition) is 1. The Hall–Kier alpha value is -1.02. The molecule has 0 saturated carbocycles. The minimum atomic E-state index is 0.0900. The van der Waals surface area contributed by atoms with E-state index in [1.54, 1.807) is 0 Å². The van der Waals surface area contributed by atoms with Crippen LogP contribution in [0.2, 0.25) is 0 Å². The Morgan fingerprint density at radius 2 is 1.94 bits per heavy atom. The van der Waals surface area contributed by atoms with Gasteiger partial charge in [0.05, 0.1) is 16.9 Å². The highest BCUT2D eigenvalue weighted by molar-refractivity contribution is 6.16. The zero-order chi connectivity index (χ0) is 13.3. The van der Waals surface area contributed by atoms with Crippen molar-refractivity contribution in [3.8, 4) is 0 Å². The standard InChI is InChI=1S/C15H21ClN2/c1-5-15(4,6-2)18-13-9-11(3)7-8-12(13)17-14(18)10-16/h7-9H,5-6,10H2,1-4H3. The van der Waals surface area contributed by atoms with Gasteiger partial charge in [-0.2, -0.15) is 0 Å². The minimum Gasteiger partial charge on any atom is -0.321 e. The SMILES string of the molecule is CCC(C)(CC)n1c(CCl)nc2ccc(C)cc21. The van der Waals surface area contributed by atoms with Gasteiger partial charge in [0.1, 0.15) is 5.82 Å². The maximum Gasteiger partial charge on any atom is 0.125 e. The molecule has 2 nitrogen and oxygen atoms in total. The van der Waals surface area contributed by atoms with Crippen LogP contribution in [-0.2, 0) is 11.4 Å². The van der Waals surface area contributed by atoms with Gasteiger partial charge < -0.3 is 4.57 Å². The van der Waals surface area contributed by atoms with E-state index in [1.165, 1.54) is 11.1 Å². The third-order valence-corrected chi connectivity index (χ3v) is 4.30. The molecule has 0 amide bonds. The van der Waals surface area contributed by atoms with E-state index in [-0.39, 0.29) is 5.54 Å². The zero-order valence-electron chi connectivity index (χ0n) is 11.6. The summed E-state index contributed by atoms with van der Waals surface area (Å²) in [6.07, 6.45) is 2.15. The van der Waals surface area contributed by atoms with Gasteiger partial charge in [0.25, 0.3) is 0 Å². The molecule has 0 unspecified atom stereocenters. The molecule has 0 fully saturated rings. The van der Waals surface area contributed by atoms with E-state index in [0.717, 1.165) is 24.2 Å². The number of nitrogens with zero attached hydrogens (tertiary/aromatic N) is 2. The average molecular weight is 265 g/mol. The van der Waals surface area contributed by atoms with Gasteiger partial charge in [0.15, 0.2) is 0 Å². The van der Waals surface area contributed by atoms with Crippen molar-refractivity contribution in [1.82, 2.24) is 9.55 Å². The van der Waals surface area contributed by atoms with Crippen molar-refractivity contribution >= 4 is 22.6 Å². The molecule has 1 heterocycles. The molecule has 0 atom stereocenters. The lowest BCUT2D eigenvalue weighted by Crippen LogP contribution is -2.29. The summed E-state index contributed by atoms with van der Waals surface area (Å²) in [4.78, 5) is 4.67. The number of aromatic nitrogens is 2. The van der Waals surface area contributed by atoms with Crippen LogP contribution < -0.4 is 0 Å². The summed E-state index contributed by atoms with van der Waals surface area (Å²) < 4.78 is 2.34. The quantitative estimate of drug-likeness (QED) is 0.737. The van der Waals surface area contributed by atoms with Crippen LogP contribution in [0, 0.1) is 6.92 Å². The molecule has 0 aliphatic heterocycles. The smallest absolute Gasteiger partial charge is 0.125 e. The molecular weight excluding hydrogens is 244 g/mol. The van der Waals surface area contributed by atoms with Gasteiger partial charge in [0, 0.05) is 5.54 Å². The van der Waals surface area contributed by atoms with Crippen molar-refractivity contribution in [1.29, 1.82) is 0 Å². The largest absolute Gasteiger partial charge is 0.321 e. The first-order valence-corrected chi connectivity index (χ1v) is 7.13. The number of rotatable bonds is 4. The van der Waals surface area contributed by atoms with E-state index in [1.807, 2.05) is 0 Å². The van der Waals surface area contributed by atoms with Crippen LogP contribution in [0.1, 0.15) is 45.0 Å². The maximum absolute atomic E-state index is 6.08. The Morgan fingerprint density at radius 1 is 1.28 bits per heavy atom. The minimum absolute atomic E-state index is 0.0900. The number of alkyl halides is 1. The van der Waals surface area contributed by atoms with Gasteiger partial charge in [-0.15, -0.1) is 11.6 Å². The van der Waals surface area contributed by atoms with E-state index in [4.69, 9.17) is 11.6 Å². The summed E-state index contributed by atoms with van der Waals surface area (Å²) in [5.41, 5.74) is 3.60. The lowest BCUT2D eigenvalue weighted by molar-refractivity contribution is 0.296. The predicted molar refractivity (Wildman–Crippen MR) is 78.3 cm³/mol. The van der Waals surface area contributed by atoms with Crippen molar-refractivity contribution < 1.29 is 0 Å². The van der Waals surface area contributed by atoms with E-state index < -0.39 is 0 Å². The number of benzene rings is 1. The van der Waals surface area contributed by atoms with Crippen molar-refractivity contribution in [3.63, 3.8) is 0 Å². The summed E-state index contributed by atoms with van der Waals surface area (Å²) in [6.45, 7) is 8.85. The second kappa shape index (κ2) is 4.93. The average Bonchev–Trinajstić information content (AvgIpc) is 2.76. The van der Waals surface area contributed by atoms with Crippen LogP contribution in [0.5, 0.6) is 0 Å². The molecule has 0 bridgehead atoms. The van der Waals surface area contributed by atoms with Gasteiger partial charge in [-0.25, -0.2) is 4.98 Å². The van der Waals surface area contributed by atoms with Crippen LogP contribution in [0.25, 0.3) is 11.0 Å². The lowest BCUT2D eigenvalue weighted by atomic mass is 9.94. The molecule has 98 valence electrons. The van der Waals surface area contributed by atoms with Gasteiger partial charge in [-0.3, -0.25) is 0 Å². The second-order valence-corrected chi connectivity index (χ2v) is 5.46. The monoisotopic (exact) mass is 264 g/mol. The van der Waals surface area contributed by atoms with Crippen LogP contribution in [0.3, 0.4) is 0 Å². The number of fused-ring (bicyclic) bond motifs is 1. The van der Waals surface area contributed by atoms with Gasteiger partial charge in [-0.1, -0.05) is 19.9 Å². The second-order valence-electron chi connectivity index (χ2n) is 5.19. The highest BCUT2D eigenvalue weighted by Crippen LogP contribution is 2.32. The van der Waals surface area contributed by atoms with Crippen molar-refractivity contribution in [2.45, 2.75) is 52.0 Å². The highest BCUT2D eigenvalue weighted by Gasteiger charge is 2.27. The number of aryl methyl sites for hydroxylation is 1. The molecule has 0 N–H and O–H groups in total. The Balaban J connectivity index is 2.77. The molecule has 2 rings (SSSR count). The third-order valence-electron chi connectivity index (χ3n) is 4.06. The van der Waals surface area contributed by atoms with Crippen LogP contribution in [-0.4, -0.2) is 9.55 Å². The molecule has 3 heteroatoms. The first kappa shape index (κ1) is 13.4. The van der Waals surface area contributed by atoms with Crippen molar-refractivity contribution in [2.24, 2.45) is 0 Å². The Bertz CT molecular complexity index is 553. The zero-order valence-corrected chi connectivity index (χ0v) is 12.4. The molecular formula is C15H21ClN2. The molecule has 0 saturated heterocycles. The molecule has 1 aromatic heterocycles. The van der Waals surface area contributed by atoms with Crippen LogP contribution >= 0.6 is 11.6 Å².